The summed E-state index contributed by atoms with van der Waals surface area (Å²) < 4.78 is 1.90. The van der Waals surface area contributed by atoms with E-state index in [1.165, 1.54) is 22.9 Å². The summed E-state index contributed by atoms with van der Waals surface area (Å²) in [6.45, 7) is 8.25. The lowest BCUT2D eigenvalue weighted by atomic mass is 9.93. The van der Waals surface area contributed by atoms with Gasteiger partial charge in [0.1, 0.15) is 6.33 Å². The van der Waals surface area contributed by atoms with Crippen LogP contribution in [0.1, 0.15) is 32.6 Å². The summed E-state index contributed by atoms with van der Waals surface area (Å²) in [5.41, 5.74) is 6.47. The third-order valence-electron chi connectivity index (χ3n) is 4.66. The van der Waals surface area contributed by atoms with Crippen molar-refractivity contribution in [2.24, 2.45) is 0 Å². The van der Waals surface area contributed by atoms with Crippen molar-refractivity contribution in [3.8, 4) is 5.69 Å². The quantitative estimate of drug-likeness (QED) is 0.502. The molecule has 0 unspecified atom stereocenters. The third-order valence-corrected chi connectivity index (χ3v) is 5.61. The fraction of sp³-hybridized carbons (Fsp3) is 0.250. The molecule has 0 fully saturated rings. The van der Waals surface area contributed by atoms with Crippen LogP contribution in [0.25, 0.3) is 5.69 Å². The summed E-state index contributed by atoms with van der Waals surface area (Å²) in [6.07, 6.45) is 1.67. The maximum absolute atomic E-state index is 12.7. The Balaban J connectivity index is 1.80. The highest BCUT2D eigenvalue weighted by molar-refractivity contribution is 7.99. The molecule has 0 saturated heterocycles. The van der Waals surface area contributed by atoms with Crippen molar-refractivity contribution in [1.82, 2.24) is 14.8 Å². The topological polar surface area (TPSA) is 47.8 Å². The van der Waals surface area contributed by atoms with Crippen LogP contribution in [0.2, 0.25) is 0 Å². The fourth-order valence-corrected chi connectivity index (χ4v) is 3.61. The van der Waals surface area contributed by atoms with Gasteiger partial charge in [0.25, 0.3) is 0 Å². The van der Waals surface area contributed by atoms with Crippen LogP contribution in [-0.2, 0) is 0 Å². The van der Waals surface area contributed by atoms with Crippen LogP contribution >= 0.6 is 11.8 Å². The van der Waals surface area contributed by atoms with Crippen molar-refractivity contribution in [1.29, 1.82) is 0 Å². The molecule has 0 aliphatic heterocycles. The smallest absolute Gasteiger partial charge is 0.196 e. The number of nitrogens with zero attached hydrogens (tertiary/aromatic N) is 3. The van der Waals surface area contributed by atoms with E-state index in [1.54, 1.807) is 6.33 Å². The van der Waals surface area contributed by atoms with Crippen molar-refractivity contribution in [3.05, 3.63) is 70.5 Å². The van der Waals surface area contributed by atoms with Crippen LogP contribution in [0.4, 0.5) is 0 Å². The summed E-state index contributed by atoms with van der Waals surface area (Å²) >= 11 is 1.42. The van der Waals surface area contributed by atoms with E-state index in [1.807, 2.05) is 47.9 Å². The average molecular weight is 351 g/mol. The molecule has 3 aromatic rings. The molecule has 0 bridgehead atoms. The maximum atomic E-state index is 12.7. The summed E-state index contributed by atoms with van der Waals surface area (Å²) in [7, 11) is 0. The highest BCUT2D eigenvalue weighted by atomic mass is 32.2. The van der Waals surface area contributed by atoms with E-state index in [4.69, 9.17) is 0 Å². The number of rotatable bonds is 5. The predicted octanol–water partition coefficient (Wildman–Crippen LogP) is 4.48. The van der Waals surface area contributed by atoms with Crippen LogP contribution in [0, 0.1) is 27.7 Å². The van der Waals surface area contributed by atoms with Crippen LogP contribution in [0.5, 0.6) is 0 Å². The van der Waals surface area contributed by atoms with Gasteiger partial charge in [-0.2, -0.15) is 0 Å². The first kappa shape index (κ1) is 17.4. The molecule has 0 radical (unpaired) electrons. The van der Waals surface area contributed by atoms with E-state index in [9.17, 15) is 4.79 Å². The molecule has 0 saturated carbocycles. The SMILES string of the molecule is Cc1cc(C(=O)CSc2nncn2-c2ccccc2)c(C)c(C)c1C. The van der Waals surface area contributed by atoms with Gasteiger partial charge in [0.15, 0.2) is 10.9 Å². The number of aryl methyl sites for hydroxylation is 1. The molecule has 3 rings (SSSR count). The standard InChI is InChI=1S/C20H21N3OS/c1-13-10-18(16(4)15(3)14(13)2)19(24)11-25-20-22-21-12-23(20)17-8-6-5-7-9-17/h5-10,12H,11H2,1-4H3. The minimum Gasteiger partial charge on any atom is -0.293 e. The van der Waals surface area contributed by atoms with Gasteiger partial charge in [-0.3, -0.25) is 9.36 Å². The second kappa shape index (κ2) is 7.23. The lowest BCUT2D eigenvalue weighted by Crippen LogP contribution is -2.09. The molecule has 4 nitrogen and oxygen atoms in total. The number of aromatic nitrogens is 3. The number of carbonyl (C=O) groups excluding carboxylic acids is 1. The Morgan fingerprint density at radius 3 is 2.48 bits per heavy atom. The molecule has 128 valence electrons. The van der Waals surface area contributed by atoms with Gasteiger partial charge in [0, 0.05) is 11.3 Å². The number of para-hydroxylation sites is 1. The molecule has 0 aliphatic rings. The molecule has 0 spiro atoms. The molecular formula is C20H21N3OS. The summed E-state index contributed by atoms with van der Waals surface area (Å²) in [5.74, 6) is 0.463. The molecule has 5 heteroatoms. The average Bonchev–Trinajstić information content (AvgIpc) is 3.10. The molecule has 0 N–H and O–H groups in total. The highest BCUT2D eigenvalue weighted by Gasteiger charge is 2.16. The molecule has 0 atom stereocenters. The number of hydrogen-bond donors (Lipinski definition) is 0. The zero-order valence-corrected chi connectivity index (χ0v) is 15.7. The van der Waals surface area contributed by atoms with Crippen molar-refractivity contribution < 1.29 is 4.79 Å². The molecule has 2 aromatic carbocycles. The number of benzene rings is 2. The van der Waals surface area contributed by atoms with Crippen LogP contribution in [-0.4, -0.2) is 26.3 Å². The minimum atomic E-state index is 0.122. The number of ketones is 1. The largest absolute Gasteiger partial charge is 0.293 e. The van der Waals surface area contributed by atoms with Gasteiger partial charge in [0.05, 0.1) is 5.75 Å². The van der Waals surface area contributed by atoms with E-state index in [0.29, 0.717) is 5.75 Å². The normalized spacial score (nSPS) is 10.9. The molecule has 25 heavy (non-hydrogen) atoms. The van der Waals surface area contributed by atoms with E-state index >= 15 is 0 Å². The Morgan fingerprint density at radius 2 is 1.76 bits per heavy atom. The Morgan fingerprint density at radius 1 is 1.04 bits per heavy atom. The molecule has 0 aliphatic carbocycles. The van der Waals surface area contributed by atoms with E-state index in [2.05, 4.69) is 31.0 Å². The summed E-state index contributed by atoms with van der Waals surface area (Å²) in [6, 6.07) is 11.9. The summed E-state index contributed by atoms with van der Waals surface area (Å²) in [5, 5.41) is 8.86. The Kier molecular flexibility index (Phi) is 5.04. The van der Waals surface area contributed by atoms with Gasteiger partial charge >= 0.3 is 0 Å². The lowest BCUT2D eigenvalue weighted by molar-refractivity contribution is 0.102. The predicted molar refractivity (Wildman–Crippen MR) is 102 cm³/mol. The van der Waals surface area contributed by atoms with Gasteiger partial charge in [-0.15, -0.1) is 10.2 Å². The Hall–Kier alpha value is -2.40. The second-order valence-corrected chi connectivity index (χ2v) is 7.09. The van der Waals surface area contributed by atoms with Crippen molar-refractivity contribution >= 4 is 17.5 Å². The number of Topliss-reactive ketones (excluding diaryl/α,β-unsaturated/α-hetero) is 1. The van der Waals surface area contributed by atoms with E-state index in [-0.39, 0.29) is 5.78 Å². The number of hydrogen-bond acceptors (Lipinski definition) is 4. The van der Waals surface area contributed by atoms with Gasteiger partial charge in [-0.25, -0.2) is 0 Å². The van der Waals surface area contributed by atoms with Crippen LogP contribution < -0.4 is 0 Å². The molecule has 0 amide bonds. The van der Waals surface area contributed by atoms with Crippen LogP contribution in [0.3, 0.4) is 0 Å². The number of carbonyl (C=O) groups is 1. The van der Waals surface area contributed by atoms with Gasteiger partial charge in [0.2, 0.25) is 0 Å². The molecule has 1 heterocycles. The first-order valence-electron chi connectivity index (χ1n) is 8.18. The number of thioether (sulfide) groups is 1. The summed E-state index contributed by atoms with van der Waals surface area (Å²) in [4.78, 5) is 12.7. The van der Waals surface area contributed by atoms with Gasteiger partial charge < -0.3 is 0 Å². The Labute approximate surface area is 152 Å². The monoisotopic (exact) mass is 351 g/mol. The zero-order valence-electron chi connectivity index (χ0n) is 14.9. The third kappa shape index (κ3) is 3.51. The minimum absolute atomic E-state index is 0.122. The maximum Gasteiger partial charge on any atom is 0.196 e. The van der Waals surface area contributed by atoms with Gasteiger partial charge in [-0.1, -0.05) is 30.0 Å². The van der Waals surface area contributed by atoms with Crippen molar-refractivity contribution in [2.45, 2.75) is 32.9 Å². The Bertz CT molecular complexity index is 916. The first-order valence-corrected chi connectivity index (χ1v) is 9.16. The zero-order chi connectivity index (χ0) is 18.0. The second-order valence-electron chi connectivity index (χ2n) is 6.15. The molecular weight excluding hydrogens is 330 g/mol. The van der Waals surface area contributed by atoms with E-state index in [0.717, 1.165) is 27.5 Å². The van der Waals surface area contributed by atoms with Crippen molar-refractivity contribution in [3.63, 3.8) is 0 Å². The fourth-order valence-electron chi connectivity index (χ4n) is 2.80. The van der Waals surface area contributed by atoms with Gasteiger partial charge in [-0.05, 0) is 68.1 Å². The first-order chi connectivity index (χ1) is 12.0. The van der Waals surface area contributed by atoms with Crippen LogP contribution in [0.15, 0.2) is 47.9 Å². The molecule has 1 aromatic heterocycles. The lowest BCUT2D eigenvalue weighted by Gasteiger charge is -2.13. The van der Waals surface area contributed by atoms with Crippen molar-refractivity contribution in [2.75, 3.05) is 5.75 Å². The van der Waals surface area contributed by atoms with E-state index < -0.39 is 0 Å². The highest BCUT2D eigenvalue weighted by Crippen LogP contribution is 2.25.